The summed E-state index contributed by atoms with van der Waals surface area (Å²) in [7, 11) is 0. The van der Waals surface area contributed by atoms with E-state index < -0.39 is 6.10 Å². The number of hydrogen-bond donors (Lipinski definition) is 4. The van der Waals surface area contributed by atoms with Crippen LogP contribution in [0.2, 0.25) is 0 Å². The Labute approximate surface area is 188 Å². The zero-order valence-corrected chi connectivity index (χ0v) is 18.3. The smallest absolute Gasteiger partial charge is 0.319 e. The minimum absolute atomic E-state index is 0.00446. The van der Waals surface area contributed by atoms with Crippen LogP contribution in [0.1, 0.15) is 62.8 Å². The Morgan fingerprint density at radius 3 is 2.69 bits per heavy atom. The normalized spacial score (nSPS) is 29.0. The van der Waals surface area contributed by atoms with Crippen molar-refractivity contribution in [1.82, 2.24) is 10.6 Å². The van der Waals surface area contributed by atoms with Crippen LogP contribution >= 0.6 is 0 Å². The SMILES string of the molecule is O=C(C[C@H]1C[C@@H]2c3cc(NC(=O)NC4CCCC4)ccc3O[C@@H]2[C@@H](CO)O1)NCC1CC1. The zero-order valence-electron chi connectivity index (χ0n) is 18.3. The Morgan fingerprint density at radius 2 is 1.94 bits per heavy atom. The largest absolute Gasteiger partial charge is 0.487 e. The van der Waals surface area contributed by atoms with Gasteiger partial charge in [0.05, 0.1) is 19.1 Å². The molecule has 2 saturated carbocycles. The van der Waals surface area contributed by atoms with E-state index in [0.29, 0.717) is 18.0 Å². The van der Waals surface area contributed by atoms with Gasteiger partial charge in [0.25, 0.3) is 0 Å². The van der Waals surface area contributed by atoms with E-state index in [-0.39, 0.29) is 49.1 Å². The van der Waals surface area contributed by atoms with Gasteiger partial charge in [0.1, 0.15) is 18.0 Å². The molecular weight excluding hydrogens is 410 g/mol. The molecule has 2 aliphatic heterocycles. The minimum atomic E-state index is -0.482. The van der Waals surface area contributed by atoms with Gasteiger partial charge in [-0.15, -0.1) is 0 Å². The first-order valence-corrected chi connectivity index (χ1v) is 12.0. The van der Waals surface area contributed by atoms with Crippen molar-refractivity contribution < 1.29 is 24.2 Å². The van der Waals surface area contributed by atoms with Crippen LogP contribution in [0.4, 0.5) is 10.5 Å². The van der Waals surface area contributed by atoms with Crippen molar-refractivity contribution in [3.63, 3.8) is 0 Å². The maximum Gasteiger partial charge on any atom is 0.319 e. The molecule has 2 heterocycles. The highest BCUT2D eigenvalue weighted by Gasteiger charge is 2.46. The van der Waals surface area contributed by atoms with Crippen LogP contribution < -0.4 is 20.7 Å². The predicted molar refractivity (Wildman–Crippen MR) is 119 cm³/mol. The van der Waals surface area contributed by atoms with E-state index in [0.717, 1.165) is 43.5 Å². The number of carbonyl (C=O) groups is 2. The van der Waals surface area contributed by atoms with Crippen LogP contribution in [0.25, 0.3) is 0 Å². The number of ether oxygens (including phenoxy) is 2. The second-order valence-electron chi connectivity index (χ2n) is 9.69. The number of amides is 3. The van der Waals surface area contributed by atoms with Crippen LogP contribution in [0.15, 0.2) is 18.2 Å². The Kier molecular flexibility index (Phi) is 6.24. The van der Waals surface area contributed by atoms with Crippen molar-refractivity contribution in [2.45, 2.75) is 81.6 Å². The molecule has 0 aromatic heterocycles. The quantitative estimate of drug-likeness (QED) is 0.518. The average Bonchev–Trinajstić information content (AvgIpc) is 3.35. The van der Waals surface area contributed by atoms with Gasteiger partial charge in [0, 0.05) is 29.8 Å². The molecule has 2 aliphatic carbocycles. The number of aliphatic hydroxyl groups is 1. The van der Waals surface area contributed by atoms with Crippen LogP contribution in [0, 0.1) is 5.92 Å². The third kappa shape index (κ3) is 4.86. The average molecular weight is 444 g/mol. The molecule has 174 valence electrons. The van der Waals surface area contributed by atoms with Crippen molar-refractivity contribution >= 4 is 17.6 Å². The molecule has 1 aromatic carbocycles. The lowest BCUT2D eigenvalue weighted by Gasteiger charge is -2.37. The second kappa shape index (κ2) is 9.27. The van der Waals surface area contributed by atoms with E-state index in [2.05, 4.69) is 16.0 Å². The molecule has 1 saturated heterocycles. The summed E-state index contributed by atoms with van der Waals surface area (Å²) >= 11 is 0. The van der Waals surface area contributed by atoms with Crippen LogP contribution in [-0.4, -0.2) is 54.6 Å². The maximum atomic E-state index is 12.4. The van der Waals surface area contributed by atoms with E-state index in [1.165, 1.54) is 12.8 Å². The zero-order chi connectivity index (χ0) is 22.1. The van der Waals surface area contributed by atoms with Crippen molar-refractivity contribution in [2.75, 3.05) is 18.5 Å². The van der Waals surface area contributed by atoms with Crippen LogP contribution in [0.5, 0.6) is 5.75 Å². The molecular formula is C24H33N3O5. The topological polar surface area (TPSA) is 109 Å². The monoisotopic (exact) mass is 443 g/mol. The number of rotatable bonds is 7. The van der Waals surface area contributed by atoms with Gasteiger partial charge in [-0.25, -0.2) is 4.79 Å². The summed E-state index contributed by atoms with van der Waals surface area (Å²) in [5, 5.41) is 18.9. The third-order valence-corrected chi connectivity index (χ3v) is 7.15. The molecule has 8 nitrogen and oxygen atoms in total. The number of nitrogens with one attached hydrogen (secondary N) is 3. The highest BCUT2D eigenvalue weighted by atomic mass is 16.6. The van der Waals surface area contributed by atoms with Gasteiger partial charge in [-0.3, -0.25) is 4.79 Å². The molecule has 0 spiro atoms. The van der Waals surface area contributed by atoms with Crippen molar-refractivity contribution in [3.05, 3.63) is 23.8 Å². The molecule has 8 heteroatoms. The standard InChI is InChI=1S/C24H33N3O5/c28-13-21-23-19(10-17(31-21)11-22(29)25-12-14-5-6-14)18-9-16(7-8-20(18)32-23)27-24(30)26-15-3-1-2-4-15/h7-9,14-15,17,19,21,23,28H,1-6,10-13H2,(H,25,29)(H2,26,27,30)/t17-,19-,21-,23+/m1/s1. The summed E-state index contributed by atoms with van der Waals surface area (Å²) in [5.41, 5.74) is 1.72. The highest BCUT2D eigenvalue weighted by Crippen LogP contribution is 2.47. The number of benzene rings is 1. The van der Waals surface area contributed by atoms with Crippen LogP contribution in [-0.2, 0) is 9.53 Å². The van der Waals surface area contributed by atoms with E-state index in [9.17, 15) is 14.7 Å². The first-order valence-electron chi connectivity index (χ1n) is 12.0. The van der Waals surface area contributed by atoms with Gasteiger partial charge in [0.2, 0.25) is 5.91 Å². The minimum Gasteiger partial charge on any atom is -0.487 e. The van der Waals surface area contributed by atoms with Gasteiger partial charge in [-0.1, -0.05) is 12.8 Å². The van der Waals surface area contributed by atoms with Gasteiger partial charge in [-0.05, 0) is 56.2 Å². The van der Waals surface area contributed by atoms with Gasteiger partial charge >= 0.3 is 6.03 Å². The Bertz CT molecular complexity index is 852. The summed E-state index contributed by atoms with van der Waals surface area (Å²) in [5.74, 6) is 1.39. The summed E-state index contributed by atoms with van der Waals surface area (Å²) in [6, 6.07) is 5.73. The molecule has 4 atom stereocenters. The molecule has 0 bridgehead atoms. The molecule has 4 aliphatic rings. The highest BCUT2D eigenvalue weighted by molar-refractivity contribution is 5.89. The lowest BCUT2D eigenvalue weighted by molar-refractivity contribution is -0.142. The van der Waals surface area contributed by atoms with Gasteiger partial charge in [0.15, 0.2) is 0 Å². The van der Waals surface area contributed by atoms with Crippen molar-refractivity contribution in [1.29, 1.82) is 0 Å². The molecule has 32 heavy (non-hydrogen) atoms. The van der Waals surface area contributed by atoms with E-state index in [4.69, 9.17) is 9.47 Å². The predicted octanol–water partition coefficient (Wildman–Crippen LogP) is 2.66. The van der Waals surface area contributed by atoms with Crippen LogP contribution in [0.3, 0.4) is 0 Å². The molecule has 3 amide bonds. The summed E-state index contributed by atoms with van der Waals surface area (Å²) in [6.07, 6.45) is 6.67. The van der Waals surface area contributed by atoms with Crippen molar-refractivity contribution in [3.8, 4) is 5.75 Å². The number of anilines is 1. The summed E-state index contributed by atoms with van der Waals surface area (Å²) in [6.45, 7) is 0.579. The second-order valence-corrected chi connectivity index (χ2v) is 9.69. The summed E-state index contributed by atoms with van der Waals surface area (Å²) in [4.78, 5) is 24.7. The molecule has 1 aromatic rings. The van der Waals surface area contributed by atoms with E-state index in [1.54, 1.807) is 0 Å². The maximum absolute atomic E-state index is 12.4. The fraction of sp³-hybridized carbons (Fsp3) is 0.667. The van der Waals surface area contributed by atoms with E-state index >= 15 is 0 Å². The Hall–Kier alpha value is -2.32. The first-order chi connectivity index (χ1) is 15.6. The molecule has 4 N–H and O–H groups in total. The lowest BCUT2D eigenvalue weighted by atomic mass is 9.84. The number of aliphatic hydroxyl groups excluding tert-OH is 1. The number of urea groups is 1. The molecule has 0 unspecified atom stereocenters. The fourth-order valence-corrected chi connectivity index (χ4v) is 5.25. The summed E-state index contributed by atoms with van der Waals surface area (Å²) < 4.78 is 12.1. The Balaban J connectivity index is 1.24. The van der Waals surface area contributed by atoms with E-state index in [1.807, 2.05) is 18.2 Å². The molecule has 3 fully saturated rings. The lowest BCUT2D eigenvalue weighted by Crippen LogP contribution is -2.47. The van der Waals surface area contributed by atoms with Gasteiger partial charge in [-0.2, -0.15) is 0 Å². The fourth-order valence-electron chi connectivity index (χ4n) is 5.25. The number of hydrogen-bond acceptors (Lipinski definition) is 5. The third-order valence-electron chi connectivity index (χ3n) is 7.15. The number of fused-ring (bicyclic) bond motifs is 3. The molecule has 0 radical (unpaired) electrons. The molecule has 5 rings (SSSR count). The van der Waals surface area contributed by atoms with Gasteiger partial charge < -0.3 is 30.5 Å². The van der Waals surface area contributed by atoms with Crippen molar-refractivity contribution in [2.24, 2.45) is 5.92 Å². The first kappa shape index (κ1) is 21.5. The Morgan fingerprint density at radius 1 is 1.12 bits per heavy atom. The number of carbonyl (C=O) groups excluding carboxylic acids is 2.